The Morgan fingerprint density at radius 2 is 1.75 bits per heavy atom. The number of oxazole rings is 1. The van der Waals surface area contributed by atoms with Crippen LogP contribution in [-0.4, -0.2) is 28.8 Å². The van der Waals surface area contributed by atoms with Crippen LogP contribution in [0.5, 0.6) is 11.5 Å². The van der Waals surface area contributed by atoms with Gasteiger partial charge in [0, 0.05) is 5.41 Å². The quantitative estimate of drug-likeness (QED) is 0.253. The molecule has 3 rings (SSSR count). The predicted molar refractivity (Wildman–Crippen MR) is 127 cm³/mol. The largest absolute Gasteiger partial charge is 0.489 e. The number of rotatable bonds is 10. The number of nitrogens with one attached hydrogen (secondary N) is 1. The number of nitrogens with zero attached hydrogens (tertiary/aromatic N) is 1. The van der Waals surface area contributed by atoms with Gasteiger partial charge in [0.25, 0.3) is 0 Å². The fourth-order valence-electron chi connectivity index (χ4n) is 3.17. The van der Waals surface area contributed by atoms with Gasteiger partial charge in [-0.1, -0.05) is 49.2 Å². The summed E-state index contributed by atoms with van der Waals surface area (Å²) in [5.74, 6) is 2.41. The lowest BCUT2D eigenvalue weighted by Crippen LogP contribution is -2.19. The molecule has 2 N–H and O–H groups in total. The van der Waals surface area contributed by atoms with Crippen LogP contribution in [0.1, 0.15) is 37.7 Å². The number of benzene rings is 2. The zero-order valence-electron chi connectivity index (χ0n) is 18.0. The summed E-state index contributed by atoms with van der Waals surface area (Å²) in [6.45, 7) is 6.28. The topological polar surface area (TPSA) is 76.8 Å². The first-order valence-corrected chi connectivity index (χ1v) is 11.3. The van der Waals surface area contributed by atoms with Crippen molar-refractivity contribution in [2.24, 2.45) is 0 Å². The Hall–Kier alpha value is -2.12. The number of anilines is 1. The molecule has 1 aromatic heterocycles. The summed E-state index contributed by atoms with van der Waals surface area (Å²) in [6, 6.07) is 11.5. The summed E-state index contributed by atoms with van der Waals surface area (Å²) in [6.07, 6.45) is 0.556. The van der Waals surface area contributed by atoms with E-state index in [2.05, 4.69) is 24.1 Å². The Labute approximate surface area is 202 Å². The maximum atomic E-state index is 9.46. The Bertz CT molecular complexity index is 1010. The summed E-state index contributed by atoms with van der Waals surface area (Å²) in [5.41, 5.74) is 1.65. The van der Waals surface area contributed by atoms with Crippen LogP contribution in [0.3, 0.4) is 0 Å². The molecule has 0 bridgehead atoms. The molecular formula is C23H25Cl3N2O4. The Morgan fingerprint density at radius 1 is 1.09 bits per heavy atom. The van der Waals surface area contributed by atoms with Crippen LogP contribution in [0.4, 0.5) is 5.82 Å². The van der Waals surface area contributed by atoms with Gasteiger partial charge in [0.15, 0.2) is 23.7 Å². The maximum Gasteiger partial charge on any atom is 0.185 e. The van der Waals surface area contributed by atoms with Crippen LogP contribution in [-0.2, 0) is 12.0 Å². The second-order valence-electron chi connectivity index (χ2n) is 7.69. The van der Waals surface area contributed by atoms with Crippen LogP contribution in [0.25, 0.3) is 0 Å². The molecule has 32 heavy (non-hydrogen) atoms. The van der Waals surface area contributed by atoms with Gasteiger partial charge in [-0.05, 0) is 42.3 Å². The van der Waals surface area contributed by atoms with Crippen LogP contribution >= 0.6 is 34.8 Å². The van der Waals surface area contributed by atoms with Gasteiger partial charge in [-0.3, -0.25) is 0 Å². The lowest BCUT2D eigenvalue weighted by molar-refractivity contribution is 0.222. The molecule has 0 aliphatic carbocycles. The van der Waals surface area contributed by atoms with Crippen LogP contribution in [0.15, 0.2) is 47.2 Å². The molecule has 9 heteroatoms. The number of aromatic nitrogens is 1. The molecule has 0 amide bonds. The standard InChI is InChI=1S/C23H25Cl3N2O4/c1-14(29)28-22-20(32-13-27-22)12-31-17-6-4-15(5-7-17)23(2,3)16-10-18(25)21(19(26)11-16)30-9-8-24/h4-7,10-11,13-14,28-29H,8-9,12H2,1-3H3. The molecule has 172 valence electrons. The molecule has 3 aromatic rings. The van der Waals surface area contributed by atoms with E-state index in [9.17, 15) is 5.11 Å². The monoisotopic (exact) mass is 498 g/mol. The van der Waals surface area contributed by atoms with Crippen LogP contribution in [0.2, 0.25) is 10.0 Å². The van der Waals surface area contributed by atoms with Gasteiger partial charge in [-0.15, -0.1) is 11.6 Å². The first kappa shape index (κ1) is 24.5. The first-order valence-electron chi connectivity index (χ1n) is 10.0. The van der Waals surface area contributed by atoms with Crippen molar-refractivity contribution < 1.29 is 19.0 Å². The highest BCUT2D eigenvalue weighted by Crippen LogP contribution is 2.40. The van der Waals surface area contributed by atoms with E-state index < -0.39 is 6.23 Å². The molecular weight excluding hydrogens is 475 g/mol. The minimum Gasteiger partial charge on any atom is -0.489 e. The summed E-state index contributed by atoms with van der Waals surface area (Å²) in [5, 5.41) is 13.1. The van der Waals surface area contributed by atoms with Gasteiger partial charge in [-0.2, -0.15) is 4.98 Å². The average Bonchev–Trinajstić information content (AvgIpc) is 3.18. The number of aliphatic hydroxyl groups excluding tert-OH is 1. The van der Waals surface area contributed by atoms with Gasteiger partial charge >= 0.3 is 0 Å². The second kappa shape index (κ2) is 10.7. The van der Waals surface area contributed by atoms with E-state index in [1.165, 1.54) is 6.39 Å². The number of halogens is 3. The predicted octanol–water partition coefficient (Wildman–Crippen LogP) is 6.25. The summed E-state index contributed by atoms with van der Waals surface area (Å²) in [4.78, 5) is 4.03. The zero-order chi connectivity index (χ0) is 23.3. The molecule has 1 heterocycles. The number of ether oxygens (including phenoxy) is 2. The summed E-state index contributed by atoms with van der Waals surface area (Å²) >= 11 is 18.5. The molecule has 6 nitrogen and oxygen atoms in total. The molecule has 0 saturated carbocycles. The molecule has 0 aliphatic rings. The molecule has 0 radical (unpaired) electrons. The molecule has 1 unspecified atom stereocenters. The fourth-order valence-corrected chi connectivity index (χ4v) is 3.84. The molecule has 0 saturated heterocycles. The highest BCUT2D eigenvalue weighted by atomic mass is 35.5. The van der Waals surface area contributed by atoms with Gasteiger partial charge < -0.3 is 24.3 Å². The molecule has 0 spiro atoms. The maximum absolute atomic E-state index is 9.46. The highest BCUT2D eigenvalue weighted by Gasteiger charge is 2.25. The van der Waals surface area contributed by atoms with Crippen molar-refractivity contribution in [2.45, 2.75) is 39.0 Å². The fraction of sp³-hybridized carbons (Fsp3) is 0.348. The van der Waals surface area contributed by atoms with E-state index in [4.69, 9.17) is 48.7 Å². The van der Waals surface area contributed by atoms with Crippen molar-refractivity contribution in [2.75, 3.05) is 17.8 Å². The average molecular weight is 500 g/mol. The Balaban J connectivity index is 1.73. The summed E-state index contributed by atoms with van der Waals surface area (Å²) < 4.78 is 16.7. The minimum atomic E-state index is -0.747. The zero-order valence-corrected chi connectivity index (χ0v) is 20.3. The molecule has 0 fully saturated rings. The van der Waals surface area contributed by atoms with Crippen molar-refractivity contribution in [3.8, 4) is 11.5 Å². The van der Waals surface area contributed by atoms with E-state index in [0.717, 1.165) is 11.1 Å². The van der Waals surface area contributed by atoms with Crippen molar-refractivity contribution in [3.05, 3.63) is 69.7 Å². The molecule has 0 aliphatic heterocycles. The van der Waals surface area contributed by atoms with E-state index in [1.54, 1.807) is 6.92 Å². The Kier molecular flexibility index (Phi) is 8.17. The normalized spacial score (nSPS) is 12.5. The van der Waals surface area contributed by atoms with Crippen LogP contribution < -0.4 is 14.8 Å². The smallest absolute Gasteiger partial charge is 0.185 e. The van der Waals surface area contributed by atoms with Gasteiger partial charge in [0.2, 0.25) is 0 Å². The number of hydrogen-bond donors (Lipinski definition) is 2. The number of hydrogen-bond acceptors (Lipinski definition) is 6. The van der Waals surface area contributed by atoms with Crippen molar-refractivity contribution in [1.82, 2.24) is 4.98 Å². The lowest BCUT2D eigenvalue weighted by Gasteiger charge is -2.27. The van der Waals surface area contributed by atoms with Crippen molar-refractivity contribution in [3.63, 3.8) is 0 Å². The van der Waals surface area contributed by atoms with E-state index in [-0.39, 0.29) is 12.0 Å². The summed E-state index contributed by atoms with van der Waals surface area (Å²) in [7, 11) is 0. The van der Waals surface area contributed by atoms with Crippen LogP contribution in [0, 0.1) is 0 Å². The van der Waals surface area contributed by atoms with E-state index >= 15 is 0 Å². The van der Waals surface area contributed by atoms with Gasteiger partial charge in [-0.25, -0.2) is 0 Å². The minimum absolute atomic E-state index is 0.173. The van der Waals surface area contributed by atoms with Crippen molar-refractivity contribution in [1.29, 1.82) is 0 Å². The first-order chi connectivity index (χ1) is 15.2. The van der Waals surface area contributed by atoms with Gasteiger partial charge in [0.1, 0.15) is 25.2 Å². The highest BCUT2D eigenvalue weighted by molar-refractivity contribution is 6.37. The molecule has 1 atom stereocenters. The van der Waals surface area contributed by atoms with Crippen molar-refractivity contribution >= 4 is 40.6 Å². The van der Waals surface area contributed by atoms with Gasteiger partial charge in [0.05, 0.1) is 15.9 Å². The third-order valence-electron chi connectivity index (χ3n) is 4.98. The van der Waals surface area contributed by atoms with E-state index in [0.29, 0.717) is 45.6 Å². The number of alkyl halides is 1. The van der Waals surface area contributed by atoms with E-state index in [1.807, 2.05) is 36.4 Å². The lowest BCUT2D eigenvalue weighted by atomic mass is 9.78. The molecule has 2 aromatic carbocycles. The Morgan fingerprint density at radius 3 is 2.34 bits per heavy atom. The SMILES string of the molecule is CC(O)Nc1ncoc1COc1ccc(C(C)(C)c2cc(Cl)c(OCCCl)c(Cl)c2)cc1. The third-order valence-corrected chi connectivity index (χ3v) is 5.69. The second-order valence-corrected chi connectivity index (χ2v) is 8.88. The third kappa shape index (κ3) is 5.81. The number of aliphatic hydroxyl groups is 1.